The number of amides is 1. The Morgan fingerprint density at radius 1 is 0.919 bits per heavy atom. The number of hydrogen-bond donors (Lipinski definition) is 1. The molecule has 0 aliphatic carbocycles. The third-order valence-corrected chi connectivity index (χ3v) is 7.17. The molecule has 0 spiro atoms. The molecule has 0 aliphatic heterocycles. The van der Waals surface area contributed by atoms with Crippen molar-refractivity contribution >= 4 is 28.8 Å². The molecule has 0 aliphatic rings. The summed E-state index contributed by atoms with van der Waals surface area (Å²) >= 11 is 1.66. The van der Waals surface area contributed by atoms with Crippen LogP contribution in [0.15, 0.2) is 96.3 Å². The normalized spacial score (nSPS) is 11.0. The van der Waals surface area contributed by atoms with Crippen molar-refractivity contribution in [3.05, 3.63) is 119 Å². The summed E-state index contributed by atoms with van der Waals surface area (Å²) in [6, 6.07) is 27.9. The maximum Gasteiger partial charge on any atom is 0.251 e. The van der Waals surface area contributed by atoms with E-state index in [1.807, 2.05) is 60.7 Å². The summed E-state index contributed by atoms with van der Waals surface area (Å²) < 4.78 is 7.43. The Kier molecular flexibility index (Phi) is 7.51. The Hall–Kier alpha value is -4.10. The van der Waals surface area contributed by atoms with Crippen LogP contribution in [0.3, 0.4) is 0 Å². The highest BCUT2D eigenvalue weighted by Gasteiger charge is 2.13. The second kappa shape index (κ2) is 11.3. The number of hydrogen-bond acceptors (Lipinski definition) is 5. The van der Waals surface area contributed by atoms with Crippen molar-refractivity contribution in [1.82, 2.24) is 19.9 Å². The molecule has 5 aromatic rings. The number of nitrogens with zero attached hydrogens (tertiary/aromatic N) is 3. The van der Waals surface area contributed by atoms with Gasteiger partial charge < -0.3 is 10.1 Å². The third kappa shape index (κ3) is 6.01. The van der Waals surface area contributed by atoms with E-state index in [1.165, 1.54) is 5.56 Å². The maximum absolute atomic E-state index is 12.6. The number of nitrogens with one attached hydrogen (secondary N) is 1. The molecule has 2 heterocycles. The van der Waals surface area contributed by atoms with Gasteiger partial charge in [-0.25, -0.2) is 9.97 Å². The molecular weight excluding hydrogens is 480 g/mol. The lowest BCUT2D eigenvalue weighted by atomic mass is 10.1. The molecule has 37 heavy (non-hydrogen) atoms. The van der Waals surface area contributed by atoms with Gasteiger partial charge in [-0.3, -0.25) is 9.36 Å². The van der Waals surface area contributed by atoms with Gasteiger partial charge in [0.15, 0.2) is 10.8 Å². The van der Waals surface area contributed by atoms with Gasteiger partial charge in [0.25, 0.3) is 5.91 Å². The summed E-state index contributed by atoms with van der Waals surface area (Å²) in [5, 5.41) is 3.90. The highest BCUT2D eigenvalue weighted by atomic mass is 32.2. The Balaban J connectivity index is 1.25. The molecule has 0 unspecified atom stereocenters. The third-order valence-electron chi connectivity index (χ3n) is 6.13. The number of thioether (sulfide) groups is 1. The molecule has 2 aromatic heterocycles. The van der Waals surface area contributed by atoms with Crippen LogP contribution in [0.4, 0.5) is 0 Å². The zero-order chi connectivity index (χ0) is 25.6. The topological polar surface area (TPSA) is 69.0 Å². The first-order chi connectivity index (χ1) is 18.1. The first-order valence-corrected chi connectivity index (χ1v) is 13.1. The fourth-order valence-electron chi connectivity index (χ4n) is 3.99. The van der Waals surface area contributed by atoms with Gasteiger partial charge >= 0.3 is 0 Å². The van der Waals surface area contributed by atoms with Crippen LogP contribution in [0.25, 0.3) is 11.2 Å². The van der Waals surface area contributed by atoms with Gasteiger partial charge in [-0.2, -0.15) is 0 Å². The van der Waals surface area contributed by atoms with Gasteiger partial charge in [0, 0.05) is 24.1 Å². The number of ether oxygens (including phenoxy) is 1. The first-order valence-electron chi connectivity index (χ1n) is 12.1. The standard InChI is InChI=1S/C30H28N4O2S/c1-21-5-7-22(8-6-21)18-32-29(35)25-13-9-24(10-14-25)20-37-30-33-27-4-3-17-31-28(27)34(30)19-23-11-15-26(36-2)16-12-23/h3-17H,18-20H2,1-2H3,(H,32,35). The molecule has 5 rings (SSSR count). The van der Waals surface area contributed by atoms with E-state index in [0.717, 1.165) is 44.5 Å². The molecule has 0 radical (unpaired) electrons. The van der Waals surface area contributed by atoms with E-state index in [2.05, 4.69) is 46.1 Å². The zero-order valence-corrected chi connectivity index (χ0v) is 21.7. The molecule has 0 saturated carbocycles. The molecule has 6 nitrogen and oxygen atoms in total. The van der Waals surface area contributed by atoms with Gasteiger partial charge in [0.2, 0.25) is 0 Å². The average Bonchev–Trinajstić information content (AvgIpc) is 3.29. The Labute approximate surface area is 220 Å². The Morgan fingerprint density at radius 2 is 1.62 bits per heavy atom. The summed E-state index contributed by atoms with van der Waals surface area (Å²) in [5.74, 6) is 1.49. The minimum Gasteiger partial charge on any atom is -0.497 e. The monoisotopic (exact) mass is 508 g/mol. The van der Waals surface area contributed by atoms with Gasteiger partial charge in [-0.15, -0.1) is 0 Å². The maximum atomic E-state index is 12.6. The minimum atomic E-state index is -0.0767. The largest absolute Gasteiger partial charge is 0.497 e. The summed E-state index contributed by atoms with van der Waals surface area (Å²) in [5.41, 5.74) is 6.94. The molecule has 0 bridgehead atoms. The lowest BCUT2D eigenvalue weighted by Crippen LogP contribution is -2.22. The number of aromatic nitrogens is 3. The van der Waals surface area contributed by atoms with E-state index in [4.69, 9.17) is 9.72 Å². The van der Waals surface area contributed by atoms with Crippen LogP contribution in [0.2, 0.25) is 0 Å². The minimum absolute atomic E-state index is 0.0767. The van der Waals surface area contributed by atoms with Crippen molar-refractivity contribution in [2.75, 3.05) is 7.11 Å². The number of fused-ring (bicyclic) bond motifs is 1. The van der Waals surface area contributed by atoms with Crippen LogP contribution in [0.1, 0.15) is 32.6 Å². The first kappa shape index (κ1) is 24.6. The fraction of sp³-hybridized carbons (Fsp3) is 0.167. The van der Waals surface area contributed by atoms with Crippen molar-refractivity contribution < 1.29 is 9.53 Å². The zero-order valence-electron chi connectivity index (χ0n) is 20.8. The van der Waals surface area contributed by atoms with Crippen LogP contribution < -0.4 is 10.1 Å². The summed E-state index contributed by atoms with van der Waals surface area (Å²) in [7, 11) is 1.67. The molecule has 0 fully saturated rings. The number of rotatable bonds is 9. The van der Waals surface area contributed by atoms with Crippen LogP contribution in [0.5, 0.6) is 5.75 Å². The highest BCUT2D eigenvalue weighted by Crippen LogP contribution is 2.27. The van der Waals surface area contributed by atoms with Crippen molar-refractivity contribution in [3.63, 3.8) is 0 Å². The predicted molar refractivity (Wildman–Crippen MR) is 148 cm³/mol. The average molecular weight is 509 g/mol. The van der Waals surface area contributed by atoms with Gasteiger partial charge in [-0.1, -0.05) is 65.9 Å². The highest BCUT2D eigenvalue weighted by molar-refractivity contribution is 7.98. The van der Waals surface area contributed by atoms with Crippen molar-refractivity contribution in [2.24, 2.45) is 0 Å². The van der Waals surface area contributed by atoms with Gasteiger partial charge in [-0.05, 0) is 60.0 Å². The SMILES string of the molecule is COc1ccc(Cn2c(SCc3ccc(C(=O)NCc4ccc(C)cc4)cc3)nc3cccnc32)cc1. The second-order valence-electron chi connectivity index (χ2n) is 8.83. The summed E-state index contributed by atoms with van der Waals surface area (Å²) in [6.07, 6.45) is 1.80. The van der Waals surface area contributed by atoms with Crippen molar-refractivity contribution in [3.8, 4) is 5.75 Å². The van der Waals surface area contributed by atoms with E-state index in [-0.39, 0.29) is 5.91 Å². The molecule has 1 amide bonds. The number of pyridine rings is 1. The van der Waals surface area contributed by atoms with E-state index in [9.17, 15) is 4.79 Å². The molecule has 0 atom stereocenters. The second-order valence-corrected chi connectivity index (χ2v) is 9.77. The smallest absolute Gasteiger partial charge is 0.251 e. The van der Waals surface area contributed by atoms with Gasteiger partial charge in [0.05, 0.1) is 13.7 Å². The van der Waals surface area contributed by atoms with Crippen molar-refractivity contribution in [2.45, 2.75) is 30.9 Å². The number of benzene rings is 3. The molecule has 0 saturated heterocycles. The van der Waals surface area contributed by atoms with Gasteiger partial charge in [0.1, 0.15) is 11.3 Å². The number of imidazole rings is 1. The van der Waals surface area contributed by atoms with E-state index in [0.29, 0.717) is 18.7 Å². The van der Waals surface area contributed by atoms with Crippen molar-refractivity contribution in [1.29, 1.82) is 0 Å². The quantitative estimate of drug-likeness (QED) is 0.247. The van der Waals surface area contributed by atoms with Crippen LogP contribution in [-0.4, -0.2) is 27.6 Å². The van der Waals surface area contributed by atoms with Crippen LogP contribution >= 0.6 is 11.8 Å². The number of carbonyl (C=O) groups excluding carboxylic acids is 1. The van der Waals surface area contributed by atoms with E-state index >= 15 is 0 Å². The van der Waals surface area contributed by atoms with Crippen LogP contribution in [0, 0.1) is 6.92 Å². The lowest BCUT2D eigenvalue weighted by molar-refractivity contribution is 0.0951. The molecule has 3 aromatic carbocycles. The van der Waals surface area contributed by atoms with E-state index in [1.54, 1.807) is 25.1 Å². The van der Waals surface area contributed by atoms with Crippen LogP contribution in [-0.2, 0) is 18.8 Å². The number of methoxy groups -OCH3 is 1. The summed E-state index contributed by atoms with van der Waals surface area (Å²) in [6.45, 7) is 3.23. The molecule has 7 heteroatoms. The predicted octanol–water partition coefficient (Wildman–Crippen LogP) is 6.02. The number of carbonyl (C=O) groups is 1. The van der Waals surface area contributed by atoms with E-state index < -0.39 is 0 Å². The Bertz CT molecular complexity index is 1490. The fourth-order valence-corrected chi connectivity index (χ4v) is 4.95. The number of aryl methyl sites for hydroxylation is 1. The molecule has 1 N–H and O–H groups in total. The molecular formula is C30H28N4O2S. The summed E-state index contributed by atoms with van der Waals surface area (Å²) in [4.78, 5) is 22.0. The Morgan fingerprint density at radius 3 is 2.35 bits per heavy atom. The lowest BCUT2D eigenvalue weighted by Gasteiger charge is -2.10. The molecule has 186 valence electrons.